The summed E-state index contributed by atoms with van der Waals surface area (Å²) in [6.45, 7) is 18.3. The standard InChI is InChI=1S/C16H19NO.C15H22N2/c1-4-14(13(2)3)8-10-16(18)11-9-15-7-5-6-12-17-15;1-12(2)16-14-4-6-15(7-5-14)17-10-8-13(3)9-11-17/h4-8,10,12H,2,9,11H2,1,3H3;4-7,13,16H,1,8-11H2,2-3H3/b10-8-,14-4-;. The van der Waals surface area contributed by atoms with Gasteiger partial charge in [-0.1, -0.05) is 43.9 Å². The molecule has 0 saturated carbocycles. The number of allylic oxidation sites excluding steroid dienone is 6. The molecule has 1 N–H and O–H groups in total. The molecule has 3 rings (SSSR count). The molecule has 0 amide bonds. The van der Waals surface area contributed by atoms with E-state index in [4.69, 9.17) is 0 Å². The number of aryl methyl sites for hydroxylation is 1. The Labute approximate surface area is 212 Å². The van der Waals surface area contributed by atoms with Gasteiger partial charge in [0.15, 0.2) is 5.78 Å². The molecule has 4 nitrogen and oxygen atoms in total. The van der Waals surface area contributed by atoms with Gasteiger partial charge in [-0.2, -0.15) is 0 Å². The van der Waals surface area contributed by atoms with Crippen LogP contribution in [-0.4, -0.2) is 23.9 Å². The van der Waals surface area contributed by atoms with E-state index in [9.17, 15) is 4.79 Å². The number of hydrogen-bond donors (Lipinski definition) is 1. The minimum atomic E-state index is 0.112. The molecule has 2 aromatic rings. The van der Waals surface area contributed by atoms with Crippen LogP contribution in [0.1, 0.15) is 52.7 Å². The van der Waals surface area contributed by atoms with Crippen LogP contribution in [0.3, 0.4) is 0 Å². The lowest BCUT2D eigenvalue weighted by atomic mass is 9.99. The van der Waals surface area contributed by atoms with Gasteiger partial charge in [0.05, 0.1) is 0 Å². The SMILES string of the molecule is C=C(C)C(/C=C\C(=O)CCc1ccccn1)=C\C.C=C(C)Nc1ccc(N2CCC(C)CC2)cc1. The fourth-order valence-electron chi connectivity index (χ4n) is 3.82. The molecule has 1 aromatic carbocycles. The van der Waals surface area contributed by atoms with Crippen molar-refractivity contribution in [1.29, 1.82) is 0 Å². The summed E-state index contributed by atoms with van der Waals surface area (Å²) in [7, 11) is 0. The number of carbonyl (C=O) groups is 1. The summed E-state index contributed by atoms with van der Waals surface area (Å²) in [6.07, 6.45) is 10.9. The topological polar surface area (TPSA) is 45.2 Å². The molecule has 2 heterocycles. The zero-order valence-corrected chi connectivity index (χ0v) is 21.9. The first-order valence-electron chi connectivity index (χ1n) is 12.5. The Kier molecular flexibility index (Phi) is 11.8. The van der Waals surface area contributed by atoms with Crippen molar-refractivity contribution < 1.29 is 4.79 Å². The Morgan fingerprint density at radius 2 is 1.77 bits per heavy atom. The first-order valence-corrected chi connectivity index (χ1v) is 12.5. The molecule has 1 aliphatic rings. The molecule has 0 spiro atoms. The van der Waals surface area contributed by atoms with E-state index in [1.165, 1.54) is 31.6 Å². The highest BCUT2D eigenvalue weighted by molar-refractivity contribution is 5.90. The molecule has 0 aliphatic carbocycles. The number of carbonyl (C=O) groups excluding carboxylic acids is 1. The number of pyridine rings is 1. The summed E-state index contributed by atoms with van der Waals surface area (Å²) in [4.78, 5) is 18.4. The van der Waals surface area contributed by atoms with E-state index in [0.717, 1.165) is 34.1 Å². The minimum absolute atomic E-state index is 0.112. The molecule has 0 atom stereocenters. The highest BCUT2D eigenvalue weighted by Crippen LogP contribution is 2.24. The molecular formula is C31H41N3O. The van der Waals surface area contributed by atoms with E-state index < -0.39 is 0 Å². The molecule has 0 bridgehead atoms. The number of hydrogen-bond acceptors (Lipinski definition) is 4. The van der Waals surface area contributed by atoms with E-state index in [1.54, 1.807) is 12.3 Å². The lowest BCUT2D eigenvalue weighted by Crippen LogP contribution is -2.32. The Morgan fingerprint density at radius 3 is 2.31 bits per heavy atom. The molecule has 35 heavy (non-hydrogen) atoms. The zero-order chi connectivity index (χ0) is 25.6. The third-order valence-corrected chi connectivity index (χ3v) is 5.98. The number of piperidine rings is 1. The van der Waals surface area contributed by atoms with Crippen LogP contribution in [0.4, 0.5) is 11.4 Å². The number of aromatic nitrogens is 1. The highest BCUT2D eigenvalue weighted by atomic mass is 16.1. The van der Waals surface area contributed by atoms with Crippen molar-refractivity contribution in [2.24, 2.45) is 5.92 Å². The van der Waals surface area contributed by atoms with Gasteiger partial charge in [-0.05, 0) is 94.0 Å². The fourth-order valence-corrected chi connectivity index (χ4v) is 3.82. The van der Waals surface area contributed by atoms with Crippen LogP contribution in [0.2, 0.25) is 0 Å². The third kappa shape index (κ3) is 10.6. The molecule has 0 radical (unpaired) electrons. The molecule has 4 heteroatoms. The van der Waals surface area contributed by atoms with Crippen molar-refractivity contribution >= 4 is 17.2 Å². The average Bonchev–Trinajstić information content (AvgIpc) is 2.85. The lowest BCUT2D eigenvalue weighted by molar-refractivity contribution is -0.114. The smallest absolute Gasteiger partial charge is 0.156 e. The quantitative estimate of drug-likeness (QED) is 0.303. The maximum atomic E-state index is 11.7. The maximum Gasteiger partial charge on any atom is 0.156 e. The summed E-state index contributed by atoms with van der Waals surface area (Å²) in [5.74, 6) is 0.997. The Bertz CT molecular complexity index is 1010. The summed E-state index contributed by atoms with van der Waals surface area (Å²) in [6, 6.07) is 14.4. The van der Waals surface area contributed by atoms with E-state index >= 15 is 0 Å². The van der Waals surface area contributed by atoms with Crippen LogP contribution in [0.25, 0.3) is 0 Å². The van der Waals surface area contributed by atoms with Crippen molar-refractivity contribution in [2.75, 3.05) is 23.3 Å². The van der Waals surface area contributed by atoms with Gasteiger partial charge in [0, 0.05) is 48.5 Å². The number of rotatable bonds is 9. The highest BCUT2D eigenvalue weighted by Gasteiger charge is 2.15. The fraction of sp³-hybridized carbons (Fsp3) is 0.355. The van der Waals surface area contributed by atoms with Gasteiger partial charge in [-0.15, -0.1) is 0 Å². The van der Waals surface area contributed by atoms with E-state index in [2.05, 4.69) is 59.5 Å². The van der Waals surface area contributed by atoms with Crippen molar-refractivity contribution in [2.45, 2.75) is 53.4 Å². The third-order valence-electron chi connectivity index (χ3n) is 5.98. The molecule has 1 aromatic heterocycles. The number of ketones is 1. The molecule has 1 aliphatic heterocycles. The Morgan fingerprint density at radius 1 is 1.09 bits per heavy atom. The van der Waals surface area contributed by atoms with Gasteiger partial charge < -0.3 is 10.2 Å². The number of anilines is 2. The number of nitrogens with one attached hydrogen (secondary N) is 1. The summed E-state index contributed by atoms with van der Waals surface area (Å²) in [5.41, 5.74) is 6.35. The van der Waals surface area contributed by atoms with Gasteiger partial charge >= 0.3 is 0 Å². The van der Waals surface area contributed by atoms with Gasteiger partial charge in [0.2, 0.25) is 0 Å². The van der Waals surface area contributed by atoms with Crippen LogP contribution in [0.5, 0.6) is 0 Å². The summed E-state index contributed by atoms with van der Waals surface area (Å²) < 4.78 is 0. The molecular weight excluding hydrogens is 430 g/mol. The largest absolute Gasteiger partial charge is 0.372 e. The van der Waals surface area contributed by atoms with E-state index in [0.29, 0.717) is 12.8 Å². The predicted molar refractivity (Wildman–Crippen MR) is 151 cm³/mol. The molecule has 1 fully saturated rings. The Balaban J connectivity index is 0.000000247. The van der Waals surface area contributed by atoms with Gasteiger partial charge in [0.1, 0.15) is 0 Å². The second-order valence-corrected chi connectivity index (χ2v) is 9.27. The van der Waals surface area contributed by atoms with Crippen LogP contribution >= 0.6 is 0 Å². The van der Waals surface area contributed by atoms with Crippen LogP contribution in [0, 0.1) is 5.92 Å². The number of nitrogens with zero attached hydrogens (tertiary/aromatic N) is 2. The summed E-state index contributed by atoms with van der Waals surface area (Å²) >= 11 is 0. The first kappa shape index (κ1) is 27.8. The van der Waals surface area contributed by atoms with Crippen molar-refractivity contribution in [3.8, 4) is 0 Å². The average molecular weight is 472 g/mol. The monoisotopic (exact) mass is 471 g/mol. The second kappa shape index (κ2) is 14.8. The first-order chi connectivity index (χ1) is 16.8. The van der Waals surface area contributed by atoms with Crippen LogP contribution in [-0.2, 0) is 11.2 Å². The second-order valence-electron chi connectivity index (χ2n) is 9.27. The van der Waals surface area contributed by atoms with E-state index in [-0.39, 0.29) is 5.78 Å². The molecule has 0 unspecified atom stereocenters. The maximum absolute atomic E-state index is 11.7. The van der Waals surface area contributed by atoms with Crippen molar-refractivity contribution in [3.63, 3.8) is 0 Å². The predicted octanol–water partition coefficient (Wildman–Crippen LogP) is 7.53. The van der Waals surface area contributed by atoms with Gasteiger partial charge in [-0.25, -0.2) is 0 Å². The van der Waals surface area contributed by atoms with Crippen molar-refractivity contribution in [3.05, 3.63) is 103 Å². The van der Waals surface area contributed by atoms with Crippen LogP contribution < -0.4 is 10.2 Å². The van der Waals surface area contributed by atoms with Crippen molar-refractivity contribution in [1.82, 2.24) is 4.98 Å². The summed E-state index contributed by atoms with van der Waals surface area (Å²) in [5, 5.41) is 3.23. The van der Waals surface area contributed by atoms with E-state index in [1.807, 2.05) is 51.1 Å². The molecule has 1 saturated heterocycles. The Hall–Kier alpha value is -3.40. The van der Waals surface area contributed by atoms with Gasteiger partial charge in [0.25, 0.3) is 0 Å². The zero-order valence-electron chi connectivity index (χ0n) is 21.9. The normalized spacial score (nSPS) is 14.3. The lowest BCUT2D eigenvalue weighted by Gasteiger charge is -2.32. The van der Waals surface area contributed by atoms with Crippen LogP contribution in [0.15, 0.2) is 96.9 Å². The van der Waals surface area contributed by atoms with Gasteiger partial charge in [-0.3, -0.25) is 9.78 Å². The molecule has 186 valence electrons. The number of benzene rings is 1. The minimum Gasteiger partial charge on any atom is -0.372 e.